The highest BCUT2D eigenvalue weighted by atomic mass is 35.5. The van der Waals surface area contributed by atoms with Gasteiger partial charge in [0.2, 0.25) is 5.88 Å². The number of carbonyl (C=O) groups is 1. The molecule has 1 aromatic heterocycles. The number of hydrogen-bond acceptors (Lipinski definition) is 4. The molecule has 1 amide bonds. The first-order valence-corrected chi connectivity index (χ1v) is 7.57. The number of aromatic hydroxyl groups is 1. The number of nitrogens with zero attached hydrogens (tertiary/aromatic N) is 3. The number of H-pyrrole nitrogens is 1. The highest BCUT2D eigenvalue weighted by Crippen LogP contribution is 2.36. The van der Waals surface area contributed by atoms with Crippen molar-refractivity contribution in [1.82, 2.24) is 4.98 Å². The number of aromatic nitrogens is 1. The number of anilines is 1. The third-order valence-corrected chi connectivity index (χ3v) is 3.80. The van der Waals surface area contributed by atoms with Gasteiger partial charge in [0.05, 0.1) is 5.52 Å². The average Bonchev–Trinajstić information content (AvgIpc) is 2.87. The summed E-state index contributed by atoms with van der Waals surface area (Å²) in [6.07, 6.45) is 0. The highest BCUT2D eigenvalue weighted by molar-refractivity contribution is 6.31. The van der Waals surface area contributed by atoms with Crippen LogP contribution in [0.25, 0.3) is 10.9 Å². The summed E-state index contributed by atoms with van der Waals surface area (Å²) in [7, 11) is 3.78. The second-order valence-electron chi connectivity index (χ2n) is 5.46. The fourth-order valence-corrected chi connectivity index (χ4v) is 2.48. The molecular weight excluding hydrogens is 328 g/mol. The molecule has 3 rings (SSSR count). The van der Waals surface area contributed by atoms with E-state index in [4.69, 9.17) is 11.6 Å². The van der Waals surface area contributed by atoms with Gasteiger partial charge < -0.3 is 15.0 Å². The van der Waals surface area contributed by atoms with E-state index in [9.17, 15) is 9.90 Å². The van der Waals surface area contributed by atoms with Crippen LogP contribution >= 0.6 is 11.6 Å². The Morgan fingerprint density at radius 3 is 2.75 bits per heavy atom. The van der Waals surface area contributed by atoms with Crippen molar-refractivity contribution in [3.05, 3.63) is 53.1 Å². The molecule has 2 N–H and O–H groups in total. The standard InChI is InChI=1S/C17H15ClN4O2/c1-22(2)12-5-3-4-10(8-12)16(23)21-20-15-13-9-11(18)6-7-14(13)19-17(15)24/h3-9,19,24H,1-2H3. The largest absolute Gasteiger partial charge is 0.493 e. The van der Waals surface area contributed by atoms with Crippen LogP contribution in [0.2, 0.25) is 5.02 Å². The number of nitrogens with one attached hydrogen (secondary N) is 1. The average molecular weight is 343 g/mol. The second-order valence-corrected chi connectivity index (χ2v) is 5.90. The summed E-state index contributed by atoms with van der Waals surface area (Å²) in [5.74, 6) is -0.652. The number of azo groups is 1. The predicted molar refractivity (Wildman–Crippen MR) is 94.6 cm³/mol. The van der Waals surface area contributed by atoms with Crippen LogP contribution in [0.15, 0.2) is 52.7 Å². The molecule has 0 aliphatic heterocycles. The van der Waals surface area contributed by atoms with Crippen LogP contribution in [-0.4, -0.2) is 30.1 Å². The maximum atomic E-state index is 12.2. The maximum absolute atomic E-state index is 12.2. The molecule has 3 aromatic rings. The van der Waals surface area contributed by atoms with E-state index in [1.807, 2.05) is 25.1 Å². The lowest BCUT2D eigenvalue weighted by Gasteiger charge is -2.12. The van der Waals surface area contributed by atoms with Gasteiger partial charge in [-0.15, -0.1) is 10.2 Å². The van der Waals surface area contributed by atoms with Crippen LogP contribution in [0, 0.1) is 0 Å². The molecule has 0 radical (unpaired) electrons. The number of fused-ring (bicyclic) bond motifs is 1. The van der Waals surface area contributed by atoms with Crippen molar-refractivity contribution < 1.29 is 9.90 Å². The van der Waals surface area contributed by atoms with E-state index >= 15 is 0 Å². The summed E-state index contributed by atoms with van der Waals surface area (Å²) in [4.78, 5) is 16.9. The van der Waals surface area contributed by atoms with Crippen molar-refractivity contribution in [2.24, 2.45) is 10.2 Å². The van der Waals surface area contributed by atoms with Crippen LogP contribution in [0.5, 0.6) is 5.88 Å². The summed E-state index contributed by atoms with van der Waals surface area (Å²) >= 11 is 5.97. The van der Waals surface area contributed by atoms with Crippen LogP contribution in [0.3, 0.4) is 0 Å². The monoisotopic (exact) mass is 342 g/mol. The molecule has 1 heterocycles. The van der Waals surface area contributed by atoms with Crippen molar-refractivity contribution >= 4 is 39.8 Å². The molecule has 6 nitrogen and oxygen atoms in total. The van der Waals surface area contributed by atoms with Crippen molar-refractivity contribution in [2.45, 2.75) is 0 Å². The van der Waals surface area contributed by atoms with E-state index in [1.54, 1.807) is 36.4 Å². The fourth-order valence-electron chi connectivity index (χ4n) is 2.31. The third kappa shape index (κ3) is 3.09. The number of aromatic amines is 1. The third-order valence-electron chi connectivity index (χ3n) is 3.56. The van der Waals surface area contributed by atoms with Gasteiger partial charge in [-0.2, -0.15) is 0 Å². The number of carbonyl (C=O) groups excluding carboxylic acids is 1. The summed E-state index contributed by atoms with van der Waals surface area (Å²) < 4.78 is 0. The zero-order valence-corrected chi connectivity index (χ0v) is 13.9. The van der Waals surface area contributed by atoms with E-state index in [1.165, 1.54) is 0 Å². The molecule has 0 aliphatic carbocycles. The Bertz CT molecular complexity index is 947. The molecule has 7 heteroatoms. The first kappa shape index (κ1) is 16.0. The van der Waals surface area contributed by atoms with Crippen LogP contribution < -0.4 is 4.90 Å². The Hall–Kier alpha value is -2.86. The summed E-state index contributed by atoms with van der Waals surface area (Å²) in [6, 6.07) is 12.1. The van der Waals surface area contributed by atoms with Crippen molar-refractivity contribution in [2.75, 3.05) is 19.0 Å². The van der Waals surface area contributed by atoms with Gasteiger partial charge in [0.15, 0.2) is 5.69 Å². The lowest BCUT2D eigenvalue weighted by molar-refractivity contribution is 0.0995. The number of amides is 1. The molecule has 24 heavy (non-hydrogen) atoms. The summed E-state index contributed by atoms with van der Waals surface area (Å²) in [5.41, 5.74) is 2.15. The predicted octanol–water partition coefficient (Wildman–Crippen LogP) is 4.52. The Labute approximate surface area is 143 Å². The molecule has 0 fully saturated rings. The van der Waals surface area contributed by atoms with Crippen molar-refractivity contribution in [3.63, 3.8) is 0 Å². The number of hydrogen-bond donors (Lipinski definition) is 2. The lowest BCUT2D eigenvalue weighted by Crippen LogP contribution is -2.09. The zero-order chi connectivity index (χ0) is 17.3. The Balaban J connectivity index is 1.93. The number of halogens is 1. The minimum atomic E-state index is -0.491. The number of rotatable bonds is 3. The fraction of sp³-hybridized carbons (Fsp3) is 0.118. The summed E-state index contributed by atoms with van der Waals surface area (Å²) in [6.45, 7) is 0. The molecule has 0 spiro atoms. The zero-order valence-electron chi connectivity index (χ0n) is 13.1. The highest BCUT2D eigenvalue weighted by Gasteiger charge is 2.12. The van der Waals surface area contributed by atoms with Gasteiger partial charge in [0.1, 0.15) is 0 Å². The first-order valence-electron chi connectivity index (χ1n) is 7.19. The van der Waals surface area contributed by atoms with Crippen molar-refractivity contribution in [3.8, 4) is 5.88 Å². The smallest absolute Gasteiger partial charge is 0.295 e. The SMILES string of the molecule is CN(C)c1cccc(C(=O)N=Nc2c(O)[nH]c3ccc(Cl)cc23)c1. The van der Waals surface area contributed by atoms with E-state index in [0.29, 0.717) is 21.5 Å². The van der Waals surface area contributed by atoms with Gasteiger partial charge in [-0.05, 0) is 36.4 Å². The first-order chi connectivity index (χ1) is 11.5. The second kappa shape index (κ2) is 6.33. The Morgan fingerprint density at radius 1 is 1.21 bits per heavy atom. The quantitative estimate of drug-likeness (QED) is 0.687. The van der Waals surface area contributed by atoms with Gasteiger partial charge in [-0.25, -0.2) is 0 Å². The molecule has 2 aromatic carbocycles. The van der Waals surface area contributed by atoms with Crippen LogP contribution in [0.1, 0.15) is 10.4 Å². The molecule has 122 valence electrons. The molecule has 0 bridgehead atoms. The minimum absolute atomic E-state index is 0.161. The van der Waals surface area contributed by atoms with Crippen LogP contribution in [-0.2, 0) is 0 Å². The normalized spacial score (nSPS) is 11.3. The molecule has 0 saturated heterocycles. The number of benzene rings is 2. The summed E-state index contributed by atoms with van der Waals surface area (Å²) in [5, 5.41) is 18.7. The van der Waals surface area contributed by atoms with E-state index in [0.717, 1.165) is 5.69 Å². The molecule has 0 atom stereocenters. The van der Waals surface area contributed by atoms with Gasteiger partial charge in [0.25, 0.3) is 5.91 Å². The van der Waals surface area contributed by atoms with E-state index in [-0.39, 0.29) is 11.6 Å². The Kier molecular flexibility index (Phi) is 4.22. The van der Waals surface area contributed by atoms with E-state index in [2.05, 4.69) is 15.2 Å². The van der Waals surface area contributed by atoms with Gasteiger partial charge >= 0.3 is 0 Å². The molecule has 0 aliphatic rings. The van der Waals surface area contributed by atoms with Crippen LogP contribution in [0.4, 0.5) is 11.4 Å². The minimum Gasteiger partial charge on any atom is -0.493 e. The maximum Gasteiger partial charge on any atom is 0.295 e. The Morgan fingerprint density at radius 2 is 2.00 bits per heavy atom. The van der Waals surface area contributed by atoms with Gasteiger partial charge in [0, 0.05) is 35.8 Å². The van der Waals surface area contributed by atoms with E-state index < -0.39 is 5.91 Å². The molecule has 0 saturated carbocycles. The van der Waals surface area contributed by atoms with Gasteiger partial charge in [-0.1, -0.05) is 17.7 Å². The molecular formula is C17H15ClN4O2. The topological polar surface area (TPSA) is 81.1 Å². The van der Waals surface area contributed by atoms with Crippen molar-refractivity contribution in [1.29, 1.82) is 0 Å². The van der Waals surface area contributed by atoms with Gasteiger partial charge in [-0.3, -0.25) is 4.79 Å². The molecule has 0 unspecified atom stereocenters. The lowest BCUT2D eigenvalue weighted by atomic mass is 10.2.